The van der Waals surface area contributed by atoms with E-state index >= 15 is 0 Å². The van der Waals surface area contributed by atoms with E-state index in [1.54, 1.807) is 0 Å². The summed E-state index contributed by atoms with van der Waals surface area (Å²) in [6.07, 6.45) is -0.189. The minimum Gasteiger partial charge on any atom is -0.487 e. The Morgan fingerprint density at radius 2 is 2.15 bits per heavy atom. The molecule has 0 amide bonds. The molecule has 0 saturated carbocycles. The van der Waals surface area contributed by atoms with Gasteiger partial charge >= 0.3 is 0 Å². The third kappa shape index (κ3) is 3.29. The lowest BCUT2D eigenvalue weighted by atomic mass is 10.3. The van der Waals surface area contributed by atoms with Crippen molar-refractivity contribution in [2.24, 2.45) is 0 Å². The van der Waals surface area contributed by atoms with E-state index in [1.807, 2.05) is 25.1 Å². The first-order valence-corrected chi connectivity index (χ1v) is 5.44. The van der Waals surface area contributed by atoms with Gasteiger partial charge in [0.15, 0.2) is 0 Å². The SMILES string of the molecule is C[C@H](CO)Oc1cc(Br)ccc1Br. The smallest absolute Gasteiger partial charge is 0.135 e. The van der Waals surface area contributed by atoms with Crippen molar-refractivity contribution in [3.8, 4) is 5.75 Å². The van der Waals surface area contributed by atoms with Gasteiger partial charge in [-0.05, 0) is 41.1 Å². The topological polar surface area (TPSA) is 29.5 Å². The van der Waals surface area contributed by atoms with E-state index in [0.29, 0.717) is 0 Å². The molecule has 2 nitrogen and oxygen atoms in total. The predicted octanol–water partition coefficient (Wildman–Crippen LogP) is 2.97. The van der Waals surface area contributed by atoms with Gasteiger partial charge in [0.2, 0.25) is 0 Å². The second-order valence-corrected chi connectivity index (χ2v) is 4.46. The molecule has 0 fully saturated rings. The van der Waals surface area contributed by atoms with Crippen LogP contribution >= 0.6 is 31.9 Å². The van der Waals surface area contributed by atoms with Gasteiger partial charge in [-0.1, -0.05) is 15.9 Å². The van der Waals surface area contributed by atoms with Crippen molar-refractivity contribution in [2.45, 2.75) is 13.0 Å². The molecule has 0 aliphatic heterocycles. The van der Waals surface area contributed by atoms with E-state index in [2.05, 4.69) is 31.9 Å². The van der Waals surface area contributed by atoms with Gasteiger partial charge in [0.05, 0.1) is 11.1 Å². The van der Waals surface area contributed by atoms with Crippen LogP contribution in [0.25, 0.3) is 0 Å². The molecule has 0 unspecified atom stereocenters. The lowest BCUT2D eigenvalue weighted by Gasteiger charge is -2.13. The third-order valence-corrected chi connectivity index (χ3v) is 2.63. The highest BCUT2D eigenvalue weighted by Gasteiger charge is 2.05. The van der Waals surface area contributed by atoms with Crippen molar-refractivity contribution in [2.75, 3.05) is 6.61 Å². The van der Waals surface area contributed by atoms with Gasteiger partial charge in [-0.15, -0.1) is 0 Å². The first-order chi connectivity index (χ1) is 6.13. The molecule has 0 saturated heterocycles. The summed E-state index contributed by atoms with van der Waals surface area (Å²) in [6, 6.07) is 5.67. The normalized spacial score (nSPS) is 12.6. The van der Waals surface area contributed by atoms with Gasteiger partial charge in [-0.3, -0.25) is 0 Å². The van der Waals surface area contributed by atoms with Crippen LogP contribution < -0.4 is 4.74 Å². The molecule has 4 heteroatoms. The highest BCUT2D eigenvalue weighted by molar-refractivity contribution is 9.11. The lowest BCUT2D eigenvalue weighted by molar-refractivity contribution is 0.129. The summed E-state index contributed by atoms with van der Waals surface area (Å²) < 4.78 is 7.29. The van der Waals surface area contributed by atoms with Crippen LogP contribution in [-0.2, 0) is 0 Å². The maximum Gasteiger partial charge on any atom is 0.135 e. The molecule has 1 atom stereocenters. The van der Waals surface area contributed by atoms with Crippen LogP contribution in [0.2, 0.25) is 0 Å². The van der Waals surface area contributed by atoms with Crippen LogP contribution in [0.3, 0.4) is 0 Å². The highest BCUT2D eigenvalue weighted by Crippen LogP contribution is 2.28. The quantitative estimate of drug-likeness (QED) is 0.930. The van der Waals surface area contributed by atoms with E-state index in [-0.39, 0.29) is 12.7 Å². The monoisotopic (exact) mass is 308 g/mol. The zero-order valence-corrected chi connectivity index (χ0v) is 10.3. The lowest BCUT2D eigenvalue weighted by Crippen LogP contribution is -2.16. The molecular formula is C9H10Br2O2. The number of hydrogen-bond donors (Lipinski definition) is 1. The minimum atomic E-state index is -0.189. The van der Waals surface area contributed by atoms with Gasteiger partial charge < -0.3 is 9.84 Å². The Morgan fingerprint density at radius 1 is 1.46 bits per heavy atom. The zero-order chi connectivity index (χ0) is 9.84. The second kappa shape index (κ2) is 4.98. The summed E-state index contributed by atoms with van der Waals surface area (Å²) >= 11 is 6.71. The number of hydrogen-bond acceptors (Lipinski definition) is 2. The summed E-state index contributed by atoms with van der Waals surface area (Å²) in [4.78, 5) is 0. The molecule has 13 heavy (non-hydrogen) atoms. The van der Waals surface area contributed by atoms with Crippen LogP contribution in [-0.4, -0.2) is 17.8 Å². The molecule has 0 aliphatic rings. The highest BCUT2D eigenvalue weighted by atomic mass is 79.9. The Bertz CT molecular complexity index is 289. The van der Waals surface area contributed by atoms with E-state index in [0.717, 1.165) is 14.7 Å². The molecule has 72 valence electrons. The summed E-state index contributed by atoms with van der Waals surface area (Å²) in [7, 11) is 0. The first-order valence-electron chi connectivity index (χ1n) is 3.86. The van der Waals surface area contributed by atoms with Gasteiger partial charge in [0.1, 0.15) is 11.9 Å². The largest absolute Gasteiger partial charge is 0.487 e. The number of ether oxygens (including phenoxy) is 1. The third-order valence-electron chi connectivity index (χ3n) is 1.48. The van der Waals surface area contributed by atoms with Crippen LogP contribution in [0.5, 0.6) is 5.75 Å². The number of halogens is 2. The molecule has 0 spiro atoms. The van der Waals surface area contributed by atoms with Crippen LogP contribution in [0.4, 0.5) is 0 Å². The fourth-order valence-electron chi connectivity index (χ4n) is 0.822. The van der Waals surface area contributed by atoms with Crippen molar-refractivity contribution in [1.29, 1.82) is 0 Å². The van der Waals surface area contributed by atoms with E-state index < -0.39 is 0 Å². The van der Waals surface area contributed by atoms with Gasteiger partial charge in [0.25, 0.3) is 0 Å². The first kappa shape index (κ1) is 11.0. The van der Waals surface area contributed by atoms with Crippen molar-refractivity contribution in [3.63, 3.8) is 0 Å². The summed E-state index contributed by atoms with van der Waals surface area (Å²) in [5, 5.41) is 8.80. The molecule has 1 aromatic carbocycles. The Hall–Kier alpha value is -0.0600. The molecule has 0 aromatic heterocycles. The Balaban J connectivity index is 2.81. The Kier molecular flexibility index (Phi) is 4.22. The predicted molar refractivity (Wildman–Crippen MR) is 59.0 cm³/mol. The fourth-order valence-corrected chi connectivity index (χ4v) is 1.50. The number of aliphatic hydroxyl groups is 1. The summed E-state index contributed by atoms with van der Waals surface area (Å²) in [5.74, 6) is 0.732. The van der Waals surface area contributed by atoms with E-state index in [9.17, 15) is 0 Å². The molecule has 1 N–H and O–H groups in total. The molecule has 1 rings (SSSR count). The molecule has 1 aromatic rings. The van der Waals surface area contributed by atoms with Crippen LogP contribution in [0, 0.1) is 0 Å². The number of aliphatic hydroxyl groups excluding tert-OH is 1. The maximum atomic E-state index is 8.80. The average molecular weight is 310 g/mol. The minimum absolute atomic E-state index is 0.0129. The molecule has 0 radical (unpaired) electrons. The van der Waals surface area contributed by atoms with Crippen molar-refractivity contribution < 1.29 is 9.84 Å². The van der Waals surface area contributed by atoms with Crippen LogP contribution in [0.1, 0.15) is 6.92 Å². The number of benzene rings is 1. The van der Waals surface area contributed by atoms with E-state index in [1.165, 1.54) is 0 Å². The van der Waals surface area contributed by atoms with Gasteiger partial charge in [-0.2, -0.15) is 0 Å². The average Bonchev–Trinajstić information content (AvgIpc) is 2.11. The van der Waals surface area contributed by atoms with Gasteiger partial charge in [-0.25, -0.2) is 0 Å². The molecule has 0 bridgehead atoms. The van der Waals surface area contributed by atoms with Gasteiger partial charge in [0, 0.05) is 4.47 Å². The van der Waals surface area contributed by atoms with Crippen molar-refractivity contribution >= 4 is 31.9 Å². The Labute approximate surface area is 94.2 Å². The summed E-state index contributed by atoms with van der Waals surface area (Å²) in [6.45, 7) is 1.83. The second-order valence-electron chi connectivity index (χ2n) is 2.69. The standard InChI is InChI=1S/C9H10Br2O2/c1-6(5-12)13-9-4-7(10)2-3-8(9)11/h2-4,6,12H,5H2,1H3/t6-/m1/s1. The van der Waals surface area contributed by atoms with E-state index in [4.69, 9.17) is 9.84 Å². The molecule has 0 heterocycles. The number of rotatable bonds is 3. The summed E-state index contributed by atoms with van der Waals surface area (Å²) in [5.41, 5.74) is 0. The molecule has 0 aliphatic carbocycles. The van der Waals surface area contributed by atoms with Crippen molar-refractivity contribution in [1.82, 2.24) is 0 Å². The zero-order valence-electron chi connectivity index (χ0n) is 7.13. The van der Waals surface area contributed by atoms with Crippen LogP contribution in [0.15, 0.2) is 27.1 Å². The molecular weight excluding hydrogens is 300 g/mol. The Morgan fingerprint density at radius 3 is 2.77 bits per heavy atom. The van der Waals surface area contributed by atoms with Crippen molar-refractivity contribution in [3.05, 3.63) is 27.1 Å². The fraction of sp³-hybridized carbons (Fsp3) is 0.333. The maximum absolute atomic E-state index is 8.80.